The number of ether oxygens (including phenoxy) is 2. The van der Waals surface area contributed by atoms with Crippen molar-refractivity contribution >= 4 is 23.0 Å². The van der Waals surface area contributed by atoms with Gasteiger partial charge in [0.25, 0.3) is 5.24 Å². The number of esters is 1. The third kappa shape index (κ3) is 31.9. The molecule has 0 fully saturated rings. The summed E-state index contributed by atoms with van der Waals surface area (Å²) < 4.78 is 11.3. The third-order valence-corrected chi connectivity index (χ3v) is 9.44. The summed E-state index contributed by atoms with van der Waals surface area (Å²) in [6, 6.07) is 0. The number of aliphatic hydroxyl groups is 1. The molecule has 278 valence electrons. The molecular formula is C39H76N2O5S. The van der Waals surface area contributed by atoms with E-state index in [2.05, 4.69) is 36.6 Å². The van der Waals surface area contributed by atoms with E-state index in [0.29, 0.717) is 19.4 Å². The molecule has 0 saturated heterocycles. The zero-order valence-electron chi connectivity index (χ0n) is 31.5. The molecule has 0 aliphatic carbocycles. The summed E-state index contributed by atoms with van der Waals surface area (Å²) in [5.74, 6) is 0.713. The highest BCUT2D eigenvalue weighted by molar-refractivity contribution is 8.13. The van der Waals surface area contributed by atoms with E-state index in [9.17, 15) is 14.7 Å². The quantitative estimate of drug-likeness (QED) is 0.0313. The average Bonchev–Trinajstić information content (AvgIpc) is 3.04. The van der Waals surface area contributed by atoms with Crippen LogP contribution in [-0.2, 0) is 14.3 Å². The van der Waals surface area contributed by atoms with Crippen LogP contribution in [0.2, 0.25) is 0 Å². The molecular weight excluding hydrogens is 609 g/mol. The molecule has 0 aliphatic rings. The van der Waals surface area contributed by atoms with Crippen molar-refractivity contribution in [3.8, 4) is 0 Å². The summed E-state index contributed by atoms with van der Waals surface area (Å²) in [5, 5.41) is 10.6. The number of hydrogen-bond acceptors (Lipinski definition) is 7. The van der Waals surface area contributed by atoms with Crippen molar-refractivity contribution in [2.45, 2.75) is 181 Å². The first-order valence-electron chi connectivity index (χ1n) is 19.5. The van der Waals surface area contributed by atoms with Crippen LogP contribution < -0.4 is 0 Å². The first-order chi connectivity index (χ1) is 22.8. The first-order valence-corrected chi connectivity index (χ1v) is 20.5. The molecule has 0 unspecified atom stereocenters. The second-order valence-corrected chi connectivity index (χ2v) is 14.5. The molecule has 1 amide bonds. The van der Waals surface area contributed by atoms with E-state index in [1.165, 1.54) is 37.4 Å². The molecule has 0 aromatic rings. The van der Waals surface area contributed by atoms with Gasteiger partial charge in [-0.15, -0.1) is 0 Å². The second kappa shape index (κ2) is 34.8. The van der Waals surface area contributed by atoms with Gasteiger partial charge in [-0.3, -0.25) is 9.59 Å². The van der Waals surface area contributed by atoms with Gasteiger partial charge in [-0.1, -0.05) is 128 Å². The third-order valence-electron chi connectivity index (χ3n) is 8.55. The first kappa shape index (κ1) is 45.9. The molecule has 7 nitrogen and oxygen atoms in total. The number of aliphatic hydroxyl groups excluding tert-OH is 1. The lowest BCUT2D eigenvalue weighted by atomic mass is 10.1. The summed E-state index contributed by atoms with van der Waals surface area (Å²) in [4.78, 5) is 29.1. The lowest BCUT2D eigenvalue weighted by Gasteiger charge is -2.23. The molecule has 0 bridgehead atoms. The Morgan fingerprint density at radius 3 is 1.87 bits per heavy atom. The van der Waals surface area contributed by atoms with Crippen molar-refractivity contribution in [3.63, 3.8) is 0 Å². The summed E-state index contributed by atoms with van der Waals surface area (Å²) >= 11 is 1.44. The SMILES string of the molecule is CCCCCC/C=C\COC(=O)CCCCCCCN(CCCCCCC[C@@H](O)OC(CCCC)CCCC)C(=O)SCCN(C)C. The lowest BCUT2D eigenvalue weighted by molar-refractivity contribution is -0.144. The normalized spacial score (nSPS) is 12.4. The minimum Gasteiger partial charge on any atom is -0.461 e. The molecule has 0 saturated carbocycles. The Balaban J connectivity index is 4.21. The topological polar surface area (TPSA) is 79.3 Å². The van der Waals surface area contributed by atoms with Crippen LogP contribution in [0.1, 0.15) is 168 Å². The van der Waals surface area contributed by atoms with Crippen LogP contribution in [-0.4, -0.2) is 84.6 Å². The lowest BCUT2D eigenvalue weighted by Crippen LogP contribution is -2.30. The monoisotopic (exact) mass is 685 g/mol. The van der Waals surface area contributed by atoms with Gasteiger partial charge >= 0.3 is 5.97 Å². The number of thioether (sulfide) groups is 1. The molecule has 1 atom stereocenters. The van der Waals surface area contributed by atoms with Gasteiger partial charge in [0.1, 0.15) is 6.61 Å². The maximum absolute atomic E-state index is 13.0. The van der Waals surface area contributed by atoms with Gasteiger partial charge in [-0.25, -0.2) is 0 Å². The van der Waals surface area contributed by atoms with Crippen LogP contribution in [0.3, 0.4) is 0 Å². The zero-order chi connectivity index (χ0) is 34.8. The van der Waals surface area contributed by atoms with Crippen LogP contribution in [0.25, 0.3) is 0 Å². The average molecular weight is 685 g/mol. The van der Waals surface area contributed by atoms with Gasteiger partial charge in [0.15, 0.2) is 6.29 Å². The molecule has 47 heavy (non-hydrogen) atoms. The summed E-state index contributed by atoms with van der Waals surface area (Å²) in [5.41, 5.74) is 0. The zero-order valence-corrected chi connectivity index (χ0v) is 32.3. The molecule has 0 spiro atoms. The van der Waals surface area contributed by atoms with E-state index in [-0.39, 0.29) is 17.3 Å². The van der Waals surface area contributed by atoms with Crippen molar-refractivity contribution in [1.29, 1.82) is 0 Å². The highest BCUT2D eigenvalue weighted by atomic mass is 32.2. The van der Waals surface area contributed by atoms with Crippen LogP contribution in [0.15, 0.2) is 12.2 Å². The van der Waals surface area contributed by atoms with Gasteiger partial charge in [0.05, 0.1) is 6.10 Å². The maximum Gasteiger partial charge on any atom is 0.306 e. The van der Waals surface area contributed by atoms with Crippen LogP contribution in [0.4, 0.5) is 4.79 Å². The number of unbranched alkanes of at least 4 members (excludes halogenated alkanes) is 14. The predicted octanol–water partition coefficient (Wildman–Crippen LogP) is 10.5. The highest BCUT2D eigenvalue weighted by Gasteiger charge is 2.15. The Morgan fingerprint density at radius 1 is 0.681 bits per heavy atom. The summed E-state index contributed by atoms with van der Waals surface area (Å²) in [7, 11) is 4.08. The highest BCUT2D eigenvalue weighted by Crippen LogP contribution is 2.18. The van der Waals surface area contributed by atoms with E-state index < -0.39 is 6.29 Å². The second-order valence-electron chi connectivity index (χ2n) is 13.5. The van der Waals surface area contributed by atoms with E-state index in [1.807, 2.05) is 20.2 Å². The fourth-order valence-corrected chi connectivity index (χ4v) is 6.47. The number of rotatable bonds is 34. The number of carbonyl (C=O) groups is 2. The van der Waals surface area contributed by atoms with Crippen LogP contribution in [0, 0.1) is 0 Å². The Kier molecular flexibility index (Phi) is 34.0. The minimum atomic E-state index is -0.646. The molecule has 0 aromatic carbocycles. The summed E-state index contributed by atoms with van der Waals surface area (Å²) in [6.45, 7) is 9.53. The van der Waals surface area contributed by atoms with Crippen LogP contribution in [0.5, 0.6) is 0 Å². The van der Waals surface area contributed by atoms with Gasteiger partial charge < -0.3 is 24.4 Å². The Labute approximate surface area is 295 Å². The predicted molar refractivity (Wildman–Crippen MR) is 202 cm³/mol. The molecule has 0 heterocycles. The van der Waals surface area contributed by atoms with Crippen molar-refractivity contribution < 1.29 is 24.2 Å². The Hall–Kier alpha value is -1.09. The molecule has 0 aliphatic heterocycles. The van der Waals surface area contributed by atoms with E-state index in [4.69, 9.17) is 9.47 Å². The van der Waals surface area contributed by atoms with Crippen molar-refractivity contribution in [2.24, 2.45) is 0 Å². The van der Waals surface area contributed by atoms with Gasteiger partial charge in [-0.05, 0) is 71.9 Å². The van der Waals surface area contributed by atoms with E-state index >= 15 is 0 Å². The smallest absolute Gasteiger partial charge is 0.306 e. The van der Waals surface area contributed by atoms with Gasteiger partial charge in [-0.2, -0.15) is 0 Å². The van der Waals surface area contributed by atoms with Gasteiger partial charge in [0.2, 0.25) is 0 Å². The van der Waals surface area contributed by atoms with Crippen molar-refractivity contribution in [3.05, 3.63) is 12.2 Å². The fraction of sp³-hybridized carbons (Fsp3) is 0.897. The fourth-order valence-electron chi connectivity index (χ4n) is 5.48. The van der Waals surface area contributed by atoms with Crippen LogP contribution >= 0.6 is 11.8 Å². The molecule has 1 N–H and O–H groups in total. The summed E-state index contributed by atoms with van der Waals surface area (Å²) in [6.07, 6.45) is 28.0. The Morgan fingerprint density at radius 2 is 1.26 bits per heavy atom. The Bertz CT molecular complexity index is 728. The molecule has 0 radical (unpaired) electrons. The molecule has 0 aromatic heterocycles. The largest absolute Gasteiger partial charge is 0.461 e. The standard InChI is InChI=1S/C39H76N2O5S/c1-6-9-12-13-14-21-26-34-45-37(42)29-22-17-15-19-24-31-41(39(44)47-35-33-40(4)5)32-25-20-16-18-23-30-38(43)46-36(27-10-7-2)28-11-8-3/h21,26,36,38,43H,6-20,22-25,27-35H2,1-5H3/b26-21-/t38-/m0/s1. The number of nitrogens with zero attached hydrogens (tertiary/aromatic N) is 2. The van der Waals surface area contributed by atoms with Crippen molar-refractivity contribution in [1.82, 2.24) is 9.80 Å². The number of amides is 1. The van der Waals surface area contributed by atoms with E-state index in [0.717, 1.165) is 135 Å². The number of allylic oxidation sites excluding steroid dienone is 1. The minimum absolute atomic E-state index is 0.102. The maximum atomic E-state index is 13.0. The molecule has 8 heteroatoms. The number of carbonyl (C=O) groups excluding carboxylic acids is 2. The molecule has 0 rings (SSSR count). The number of hydrogen-bond donors (Lipinski definition) is 1. The van der Waals surface area contributed by atoms with Gasteiger partial charge in [0, 0.05) is 31.8 Å². The van der Waals surface area contributed by atoms with E-state index in [1.54, 1.807) is 0 Å². The van der Waals surface area contributed by atoms with Crippen molar-refractivity contribution in [2.75, 3.05) is 46.1 Å².